The summed E-state index contributed by atoms with van der Waals surface area (Å²) in [5.41, 5.74) is 12.8. The van der Waals surface area contributed by atoms with Gasteiger partial charge in [-0.3, -0.25) is 0 Å². The van der Waals surface area contributed by atoms with Gasteiger partial charge in [-0.05, 0) is 59.6 Å². The van der Waals surface area contributed by atoms with Crippen LogP contribution in [0.25, 0.3) is 0 Å². The molecular formula is C15H30N4. The van der Waals surface area contributed by atoms with Crippen LogP contribution in [0, 0.1) is 0 Å². The smallest absolute Gasteiger partial charge is 0.0986 e. The molecule has 0 saturated carbocycles. The highest BCUT2D eigenvalue weighted by atomic mass is 15.2. The molecule has 1 fully saturated rings. The van der Waals surface area contributed by atoms with Crippen molar-refractivity contribution in [2.24, 2.45) is 11.5 Å². The largest absolute Gasteiger partial charge is 0.402 e. The van der Waals surface area contributed by atoms with Crippen LogP contribution in [-0.2, 0) is 0 Å². The Bertz CT molecular complexity index is 360. The SMILES string of the molecule is C/C(N)=C/C=C(\N)N(C)C1CC(C)(C)NC(C)(C)C1. The summed E-state index contributed by atoms with van der Waals surface area (Å²) >= 11 is 0. The van der Waals surface area contributed by atoms with Gasteiger partial charge in [0.25, 0.3) is 0 Å². The van der Waals surface area contributed by atoms with E-state index in [9.17, 15) is 0 Å². The maximum atomic E-state index is 6.14. The Hall–Kier alpha value is -1.16. The van der Waals surface area contributed by atoms with Crippen molar-refractivity contribution >= 4 is 0 Å². The quantitative estimate of drug-likeness (QED) is 0.682. The number of rotatable bonds is 3. The number of nitrogens with two attached hydrogens (primary N) is 2. The second-order valence-electron chi connectivity index (χ2n) is 7.07. The first-order chi connectivity index (χ1) is 8.52. The summed E-state index contributed by atoms with van der Waals surface area (Å²) in [7, 11) is 2.06. The second kappa shape index (κ2) is 5.45. The minimum Gasteiger partial charge on any atom is -0.402 e. The van der Waals surface area contributed by atoms with Gasteiger partial charge in [-0.1, -0.05) is 0 Å². The fourth-order valence-electron chi connectivity index (χ4n) is 3.09. The van der Waals surface area contributed by atoms with Crippen molar-refractivity contribution in [3.05, 3.63) is 23.7 Å². The fourth-order valence-corrected chi connectivity index (χ4v) is 3.09. The van der Waals surface area contributed by atoms with Crippen LogP contribution in [0.4, 0.5) is 0 Å². The van der Waals surface area contributed by atoms with Crippen molar-refractivity contribution in [2.45, 2.75) is 64.6 Å². The van der Waals surface area contributed by atoms with Crippen LogP contribution < -0.4 is 16.8 Å². The highest BCUT2D eigenvalue weighted by Crippen LogP contribution is 2.31. The molecule has 19 heavy (non-hydrogen) atoms. The summed E-state index contributed by atoms with van der Waals surface area (Å²) in [5.74, 6) is 0.767. The summed E-state index contributed by atoms with van der Waals surface area (Å²) in [6.07, 6.45) is 5.89. The van der Waals surface area contributed by atoms with Crippen LogP contribution >= 0.6 is 0 Å². The van der Waals surface area contributed by atoms with E-state index in [1.807, 2.05) is 19.1 Å². The standard InChI is InChI=1S/C15H30N4/c1-11(16)7-8-13(17)19(6)12-9-14(2,3)18-15(4,5)10-12/h7-8,12,18H,9-10,16-17H2,1-6H3/b11-7-,13-8+. The molecule has 0 aliphatic carbocycles. The lowest BCUT2D eigenvalue weighted by atomic mass is 9.79. The Labute approximate surface area is 117 Å². The first-order valence-electron chi connectivity index (χ1n) is 6.94. The maximum absolute atomic E-state index is 6.14. The van der Waals surface area contributed by atoms with Crippen LogP contribution in [0.1, 0.15) is 47.5 Å². The van der Waals surface area contributed by atoms with Crippen molar-refractivity contribution in [3.63, 3.8) is 0 Å². The van der Waals surface area contributed by atoms with Gasteiger partial charge in [-0.2, -0.15) is 0 Å². The molecule has 0 atom stereocenters. The van der Waals surface area contributed by atoms with Gasteiger partial charge in [-0.15, -0.1) is 0 Å². The maximum Gasteiger partial charge on any atom is 0.0986 e. The van der Waals surface area contributed by atoms with E-state index in [0.29, 0.717) is 6.04 Å². The molecule has 1 aliphatic rings. The van der Waals surface area contributed by atoms with E-state index < -0.39 is 0 Å². The molecule has 4 nitrogen and oxygen atoms in total. The molecule has 1 aliphatic heterocycles. The first kappa shape index (κ1) is 15.9. The predicted molar refractivity (Wildman–Crippen MR) is 82.3 cm³/mol. The molecule has 0 unspecified atom stereocenters. The van der Waals surface area contributed by atoms with Crippen LogP contribution in [0.3, 0.4) is 0 Å². The van der Waals surface area contributed by atoms with Crippen molar-refractivity contribution in [1.82, 2.24) is 10.2 Å². The zero-order chi connectivity index (χ0) is 14.8. The third-order valence-corrected chi connectivity index (χ3v) is 3.64. The minimum atomic E-state index is 0.126. The van der Waals surface area contributed by atoms with Gasteiger partial charge in [0.05, 0.1) is 5.82 Å². The van der Waals surface area contributed by atoms with E-state index in [-0.39, 0.29) is 11.1 Å². The monoisotopic (exact) mass is 266 g/mol. The molecule has 1 saturated heterocycles. The molecule has 0 amide bonds. The van der Waals surface area contributed by atoms with Crippen molar-refractivity contribution in [2.75, 3.05) is 7.05 Å². The van der Waals surface area contributed by atoms with Gasteiger partial charge in [0.15, 0.2) is 0 Å². The third kappa shape index (κ3) is 4.78. The summed E-state index contributed by atoms with van der Waals surface area (Å²) < 4.78 is 0. The average molecular weight is 266 g/mol. The van der Waals surface area contributed by atoms with E-state index >= 15 is 0 Å². The Morgan fingerprint density at radius 1 is 1.11 bits per heavy atom. The number of piperidine rings is 1. The Kier molecular flexibility index (Phi) is 4.56. The van der Waals surface area contributed by atoms with Gasteiger partial charge in [0, 0.05) is 29.9 Å². The van der Waals surface area contributed by atoms with Crippen LogP contribution in [0.2, 0.25) is 0 Å². The van der Waals surface area contributed by atoms with Crippen LogP contribution in [0.15, 0.2) is 23.7 Å². The van der Waals surface area contributed by atoms with E-state index in [1.165, 1.54) is 0 Å². The topological polar surface area (TPSA) is 67.3 Å². The third-order valence-electron chi connectivity index (χ3n) is 3.64. The second-order valence-corrected chi connectivity index (χ2v) is 7.07. The average Bonchev–Trinajstić information content (AvgIpc) is 2.20. The van der Waals surface area contributed by atoms with Crippen LogP contribution in [0.5, 0.6) is 0 Å². The van der Waals surface area contributed by atoms with Gasteiger partial charge in [-0.25, -0.2) is 0 Å². The molecule has 0 aromatic rings. The number of hydrogen-bond acceptors (Lipinski definition) is 4. The predicted octanol–water partition coefficient (Wildman–Crippen LogP) is 1.89. The molecule has 0 radical (unpaired) electrons. The highest BCUT2D eigenvalue weighted by molar-refractivity contribution is 5.14. The summed E-state index contributed by atoms with van der Waals surface area (Å²) in [6.45, 7) is 10.9. The number of nitrogens with zero attached hydrogens (tertiary/aromatic N) is 1. The summed E-state index contributed by atoms with van der Waals surface area (Å²) in [4.78, 5) is 2.17. The summed E-state index contributed by atoms with van der Waals surface area (Å²) in [6, 6.07) is 0.439. The van der Waals surface area contributed by atoms with E-state index in [2.05, 4.69) is 45.0 Å². The van der Waals surface area contributed by atoms with Gasteiger partial charge < -0.3 is 21.7 Å². The zero-order valence-corrected chi connectivity index (χ0v) is 13.2. The molecule has 1 heterocycles. The Balaban J connectivity index is 2.84. The highest BCUT2D eigenvalue weighted by Gasteiger charge is 2.39. The Morgan fingerprint density at radius 2 is 1.58 bits per heavy atom. The van der Waals surface area contributed by atoms with E-state index in [0.717, 1.165) is 24.4 Å². The van der Waals surface area contributed by atoms with Crippen molar-refractivity contribution in [1.29, 1.82) is 0 Å². The zero-order valence-electron chi connectivity index (χ0n) is 13.2. The molecule has 5 N–H and O–H groups in total. The Morgan fingerprint density at radius 3 is 2.00 bits per heavy atom. The molecule has 4 heteroatoms. The lowest BCUT2D eigenvalue weighted by Gasteiger charge is -2.49. The van der Waals surface area contributed by atoms with Gasteiger partial charge in [0.2, 0.25) is 0 Å². The van der Waals surface area contributed by atoms with Crippen molar-refractivity contribution < 1.29 is 0 Å². The van der Waals surface area contributed by atoms with E-state index in [1.54, 1.807) is 0 Å². The number of nitrogens with one attached hydrogen (secondary N) is 1. The lowest BCUT2D eigenvalue weighted by molar-refractivity contribution is 0.0981. The molecular weight excluding hydrogens is 236 g/mol. The molecule has 0 spiro atoms. The fraction of sp³-hybridized carbons (Fsp3) is 0.733. The van der Waals surface area contributed by atoms with Gasteiger partial charge >= 0.3 is 0 Å². The molecule has 0 aromatic carbocycles. The molecule has 110 valence electrons. The lowest BCUT2D eigenvalue weighted by Crippen LogP contribution is -2.61. The number of allylic oxidation sites excluding steroid dienone is 3. The number of hydrogen-bond donors (Lipinski definition) is 3. The minimum absolute atomic E-state index is 0.126. The molecule has 0 aromatic heterocycles. The van der Waals surface area contributed by atoms with Crippen LogP contribution in [-0.4, -0.2) is 29.1 Å². The summed E-state index contributed by atoms with van der Waals surface area (Å²) in [5, 5.41) is 3.69. The molecule has 0 bridgehead atoms. The molecule has 1 rings (SSSR count). The first-order valence-corrected chi connectivity index (χ1v) is 6.94. The van der Waals surface area contributed by atoms with E-state index in [4.69, 9.17) is 11.5 Å². The van der Waals surface area contributed by atoms with Crippen molar-refractivity contribution in [3.8, 4) is 0 Å². The normalized spacial score (nSPS) is 24.3. The van der Waals surface area contributed by atoms with Gasteiger partial charge in [0.1, 0.15) is 0 Å².